The highest BCUT2D eigenvalue weighted by molar-refractivity contribution is 5.91. The molecule has 1 aromatic heterocycles. The third-order valence-electron chi connectivity index (χ3n) is 3.21. The van der Waals surface area contributed by atoms with Gasteiger partial charge in [-0.3, -0.25) is 4.79 Å². The average molecular weight is 234 g/mol. The Bertz CT molecular complexity index is 373. The van der Waals surface area contributed by atoms with Crippen LogP contribution in [0.3, 0.4) is 0 Å². The zero-order valence-electron chi connectivity index (χ0n) is 10.1. The summed E-state index contributed by atoms with van der Waals surface area (Å²) < 4.78 is 0. The van der Waals surface area contributed by atoms with E-state index in [1.807, 2.05) is 0 Å². The molecule has 0 aromatic carbocycles. The number of rotatable bonds is 5. The van der Waals surface area contributed by atoms with Gasteiger partial charge in [0, 0.05) is 13.6 Å². The van der Waals surface area contributed by atoms with E-state index in [0.717, 1.165) is 18.3 Å². The van der Waals surface area contributed by atoms with Gasteiger partial charge in [-0.05, 0) is 24.5 Å². The summed E-state index contributed by atoms with van der Waals surface area (Å²) in [4.78, 5) is 11.2. The van der Waals surface area contributed by atoms with E-state index < -0.39 is 0 Å². The maximum Gasteiger partial charge on any atom is 0.271 e. The first kappa shape index (κ1) is 11.8. The molecule has 5 heteroatoms. The van der Waals surface area contributed by atoms with E-state index in [-0.39, 0.29) is 5.91 Å². The molecule has 1 saturated carbocycles. The van der Waals surface area contributed by atoms with E-state index in [2.05, 4.69) is 20.8 Å². The van der Waals surface area contributed by atoms with Crippen LogP contribution in [0.25, 0.3) is 0 Å². The third kappa shape index (κ3) is 3.15. The molecule has 1 aliphatic rings. The number of amides is 1. The van der Waals surface area contributed by atoms with Gasteiger partial charge in [-0.1, -0.05) is 19.3 Å². The van der Waals surface area contributed by atoms with Crippen LogP contribution in [0.2, 0.25) is 0 Å². The lowest BCUT2D eigenvalue weighted by molar-refractivity contribution is 0.0957. The number of nitrogens with zero attached hydrogens (tertiary/aromatic N) is 2. The standard InChI is InChI=1S/C12H18N4O/c1-13-12(17)10-5-6-11(16-15-10)14-8-7-9-3-2-4-9/h5-6,9H,2-4,7-8H2,1H3,(H,13,17)(H,14,16). The highest BCUT2D eigenvalue weighted by Gasteiger charge is 2.16. The van der Waals surface area contributed by atoms with E-state index in [0.29, 0.717) is 5.69 Å². The number of hydrogen-bond acceptors (Lipinski definition) is 4. The molecule has 1 aromatic rings. The Morgan fingerprint density at radius 1 is 1.41 bits per heavy atom. The Morgan fingerprint density at radius 2 is 2.24 bits per heavy atom. The number of hydrogen-bond donors (Lipinski definition) is 2. The zero-order valence-corrected chi connectivity index (χ0v) is 10.1. The second-order valence-electron chi connectivity index (χ2n) is 4.40. The molecule has 17 heavy (non-hydrogen) atoms. The first-order chi connectivity index (χ1) is 8.29. The molecule has 0 bridgehead atoms. The molecule has 2 rings (SSSR count). The Morgan fingerprint density at radius 3 is 2.76 bits per heavy atom. The van der Waals surface area contributed by atoms with E-state index in [9.17, 15) is 4.79 Å². The Balaban J connectivity index is 1.78. The van der Waals surface area contributed by atoms with Gasteiger partial charge in [-0.2, -0.15) is 0 Å². The van der Waals surface area contributed by atoms with Crippen molar-refractivity contribution in [3.8, 4) is 0 Å². The second kappa shape index (κ2) is 5.61. The molecule has 2 N–H and O–H groups in total. The van der Waals surface area contributed by atoms with Gasteiger partial charge in [0.05, 0.1) is 0 Å². The van der Waals surface area contributed by atoms with Gasteiger partial charge in [-0.25, -0.2) is 0 Å². The molecule has 5 nitrogen and oxygen atoms in total. The van der Waals surface area contributed by atoms with Crippen molar-refractivity contribution in [1.82, 2.24) is 15.5 Å². The van der Waals surface area contributed by atoms with Gasteiger partial charge < -0.3 is 10.6 Å². The predicted octanol–water partition coefficient (Wildman–Crippen LogP) is 1.44. The number of nitrogens with one attached hydrogen (secondary N) is 2. The number of carbonyl (C=O) groups excluding carboxylic acids is 1. The molecule has 0 spiro atoms. The lowest BCUT2D eigenvalue weighted by atomic mass is 9.83. The van der Waals surface area contributed by atoms with Crippen molar-refractivity contribution in [2.45, 2.75) is 25.7 Å². The number of aromatic nitrogens is 2. The molecule has 1 aliphatic carbocycles. The molecule has 1 fully saturated rings. The van der Waals surface area contributed by atoms with Crippen LogP contribution in [-0.2, 0) is 0 Å². The van der Waals surface area contributed by atoms with Gasteiger partial charge in [0.2, 0.25) is 0 Å². The van der Waals surface area contributed by atoms with Crippen LogP contribution in [0.1, 0.15) is 36.2 Å². The lowest BCUT2D eigenvalue weighted by Crippen LogP contribution is -2.20. The van der Waals surface area contributed by atoms with E-state index in [4.69, 9.17) is 0 Å². The van der Waals surface area contributed by atoms with E-state index in [1.54, 1.807) is 19.2 Å². The van der Waals surface area contributed by atoms with Crippen molar-refractivity contribution in [1.29, 1.82) is 0 Å². The van der Waals surface area contributed by atoms with Crippen LogP contribution >= 0.6 is 0 Å². The van der Waals surface area contributed by atoms with Crippen molar-refractivity contribution in [3.63, 3.8) is 0 Å². The van der Waals surface area contributed by atoms with Crippen molar-refractivity contribution >= 4 is 11.7 Å². The summed E-state index contributed by atoms with van der Waals surface area (Å²) in [6.45, 7) is 0.929. The molecule has 1 amide bonds. The minimum atomic E-state index is -0.210. The van der Waals surface area contributed by atoms with Crippen LogP contribution in [0.15, 0.2) is 12.1 Å². The van der Waals surface area contributed by atoms with Gasteiger partial charge in [0.1, 0.15) is 5.82 Å². The average Bonchev–Trinajstić information content (AvgIpc) is 2.32. The molecule has 0 radical (unpaired) electrons. The van der Waals surface area contributed by atoms with E-state index in [1.165, 1.54) is 25.7 Å². The number of carbonyl (C=O) groups is 1. The van der Waals surface area contributed by atoms with Gasteiger partial charge in [0.25, 0.3) is 5.91 Å². The smallest absolute Gasteiger partial charge is 0.271 e. The topological polar surface area (TPSA) is 66.9 Å². The molecule has 92 valence electrons. The predicted molar refractivity (Wildman–Crippen MR) is 65.9 cm³/mol. The van der Waals surface area contributed by atoms with Crippen LogP contribution in [0.5, 0.6) is 0 Å². The summed E-state index contributed by atoms with van der Waals surface area (Å²) in [5.41, 5.74) is 0.344. The molecular weight excluding hydrogens is 216 g/mol. The van der Waals surface area contributed by atoms with Gasteiger partial charge >= 0.3 is 0 Å². The maximum absolute atomic E-state index is 11.2. The fourth-order valence-electron chi connectivity index (χ4n) is 1.86. The first-order valence-corrected chi connectivity index (χ1v) is 6.09. The summed E-state index contributed by atoms with van der Waals surface area (Å²) in [6, 6.07) is 3.47. The van der Waals surface area contributed by atoms with Crippen molar-refractivity contribution in [2.24, 2.45) is 5.92 Å². The summed E-state index contributed by atoms with van der Waals surface area (Å²) in [7, 11) is 1.58. The quantitative estimate of drug-likeness (QED) is 0.809. The number of anilines is 1. The Kier molecular flexibility index (Phi) is 3.90. The highest BCUT2D eigenvalue weighted by Crippen LogP contribution is 2.28. The highest BCUT2D eigenvalue weighted by atomic mass is 16.1. The maximum atomic E-state index is 11.2. The first-order valence-electron chi connectivity index (χ1n) is 6.09. The molecule has 0 atom stereocenters. The van der Waals surface area contributed by atoms with Gasteiger partial charge in [0.15, 0.2) is 5.69 Å². The Labute approximate surface area is 101 Å². The summed E-state index contributed by atoms with van der Waals surface area (Å²) in [5.74, 6) is 1.41. The monoisotopic (exact) mass is 234 g/mol. The van der Waals surface area contributed by atoms with Crippen LogP contribution in [-0.4, -0.2) is 29.7 Å². The fourth-order valence-corrected chi connectivity index (χ4v) is 1.86. The fraction of sp³-hybridized carbons (Fsp3) is 0.583. The molecule has 0 saturated heterocycles. The summed E-state index contributed by atoms with van der Waals surface area (Å²) >= 11 is 0. The van der Waals surface area contributed by atoms with Crippen molar-refractivity contribution < 1.29 is 4.79 Å². The summed E-state index contributed by atoms with van der Waals surface area (Å²) in [5, 5.41) is 13.6. The molecular formula is C12H18N4O. The summed E-state index contributed by atoms with van der Waals surface area (Å²) in [6.07, 6.45) is 5.30. The Hall–Kier alpha value is -1.65. The van der Waals surface area contributed by atoms with Crippen molar-refractivity contribution in [2.75, 3.05) is 18.9 Å². The molecule has 0 unspecified atom stereocenters. The second-order valence-corrected chi connectivity index (χ2v) is 4.40. The minimum Gasteiger partial charge on any atom is -0.369 e. The zero-order chi connectivity index (χ0) is 12.1. The van der Waals surface area contributed by atoms with Crippen molar-refractivity contribution in [3.05, 3.63) is 17.8 Å². The van der Waals surface area contributed by atoms with Gasteiger partial charge in [-0.15, -0.1) is 10.2 Å². The lowest BCUT2D eigenvalue weighted by Gasteiger charge is -2.25. The van der Waals surface area contributed by atoms with E-state index >= 15 is 0 Å². The SMILES string of the molecule is CNC(=O)c1ccc(NCCC2CCC2)nn1. The van der Waals surface area contributed by atoms with Crippen LogP contribution < -0.4 is 10.6 Å². The molecule has 1 heterocycles. The third-order valence-corrected chi connectivity index (χ3v) is 3.21. The largest absolute Gasteiger partial charge is 0.369 e. The van der Waals surface area contributed by atoms with Crippen LogP contribution in [0, 0.1) is 5.92 Å². The normalized spacial score (nSPS) is 15.1. The molecule has 0 aliphatic heterocycles. The minimum absolute atomic E-state index is 0.210. The van der Waals surface area contributed by atoms with Crippen LogP contribution in [0.4, 0.5) is 5.82 Å².